The van der Waals surface area contributed by atoms with Gasteiger partial charge in [-0.15, -0.1) is 12.4 Å². The molecule has 0 spiro atoms. The summed E-state index contributed by atoms with van der Waals surface area (Å²) in [5.74, 6) is -0.520. The topological polar surface area (TPSA) is 162 Å². The molecule has 11 nitrogen and oxygen atoms in total. The smallest absolute Gasteiger partial charge is 0.358 e. The Kier molecular flexibility index (Phi) is 7.84. The van der Waals surface area contributed by atoms with E-state index in [0.717, 1.165) is 6.20 Å². The van der Waals surface area contributed by atoms with Crippen molar-refractivity contribution >= 4 is 39.8 Å². The Hall–Kier alpha value is -2.54. The van der Waals surface area contributed by atoms with Crippen LogP contribution in [-0.4, -0.2) is 41.9 Å². The molecule has 1 aromatic carbocycles. The number of benzene rings is 1. The maximum Gasteiger partial charge on any atom is 0.381 e. The number of nitrogens with zero attached hydrogens (tertiary/aromatic N) is 3. The van der Waals surface area contributed by atoms with Gasteiger partial charge in [0, 0.05) is 25.7 Å². The molecule has 13 heteroatoms. The number of imidazole rings is 1. The van der Waals surface area contributed by atoms with Crippen LogP contribution in [0, 0.1) is 17.0 Å². The van der Waals surface area contributed by atoms with E-state index in [1.807, 2.05) is 0 Å². The molecule has 1 aromatic heterocycles. The molecule has 0 atom stereocenters. The molecule has 0 aliphatic rings. The molecule has 2 aromatic rings. The number of halogens is 1. The second-order valence-corrected chi connectivity index (χ2v) is 7.06. The Morgan fingerprint density at radius 1 is 1.41 bits per heavy atom. The lowest BCUT2D eigenvalue weighted by Gasteiger charge is -2.09. The summed E-state index contributed by atoms with van der Waals surface area (Å²) in [5.41, 5.74) is 5.56. The highest BCUT2D eigenvalue weighted by atomic mass is 35.5. The van der Waals surface area contributed by atoms with Crippen molar-refractivity contribution in [3.8, 4) is 0 Å². The van der Waals surface area contributed by atoms with Crippen LogP contribution in [0.1, 0.15) is 5.82 Å². The quantitative estimate of drug-likeness (QED) is 0.412. The predicted molar refractivity (Wildman–Crippen MR) is 100 cm³/mol. The molecule has 0 bridgehead atoms. The zero-order chi connectivity index (χ0) is 19.3. The molecule has 0 radical (unpaired) electrons. The van der Waals surface area contributed by atoms with Crippen LogP contribution in [0.15, 0.2) is 35.4 Å². The summed E-state index contributed by atoms with van der Waals surface area (Å²) < 4.78 is 27.8. The van der Waals surface area contributed by atoms with Crippen LogP contribution >= 0.6 is 12.4 Å². The summed E-state index contributed by atoms with van der Waals surface area (Å²) in [6.45, 7) is 1.59. The molecule has 0 fully saturated rings. The molecule has 4 N–H and O–H groups in total. The first-order valence-corrected chi connectivity index (χ1v) is 8.99. The van der Waals surface area contributed by atoms with Gasteiger partial charge in [-0.2, -0.15) is 0 Å². The van der Waals surface area contributed by atoms with E-state index in [4.69, 9.17) is 5.73 Å². The second-order valence-electron chi connectivity index (χ2n) is 5.29. The summed E-state index contributed by atoms with van der Waals surface area (Å²) >= 11 is 0. The van der Waals surface area contributed by atoms with Crippen LogP contribution in [0.3, 0.4) is 0 Å². The van der Waals surface area contributed by atoms with Crippen molar-refractivity contribution in [1.29, 1.82) is 0 Å². The first-order chi connectivity index (χ1) is 12.2. The molecule has 0 unspecified atom stereocenters. The SMILES string of the molecule is Cc1nc([N+](=O)[O-])cn1CC(=O)Nc1cccc(S(=O)(=O)NCCN)c1.Cl. The van der Waals surface area contributed by atoms with Gasteiger partial charge >= 0.3 is 5.82 Å². The third-order valence-electron chi connectivity index (χ3n) is 3.33. The van der Waals surface area contributed by atoms with Crippen molar-refractivity contribution in [2.24, 2.45) is 5.73 Å². The number of nitrogens with one attached hydrogen (secondary N) is 2. The fourth-order valence-corrected chi connectivity index (χ4v) is 3.21. The minimum absolute atomic E-state index is 0. The van der Waals surface area contributed by atoms with Gasteiger partial charge in [0.2, 0.25) is 21.8 Å². The van der Waals surface area contributed by atoms with Crippen molar-refractivity contribution < 1.29 is 18.1 Å². The number of hydrogen-bond acceptors (Lipinski definition) is 7. The largest absolute Gasteiger partial charge is 0.381 e. The van der Waals surface area contributed by atoms with E-state index in [9.17, 15) is 23.3 Å². The molecule has 27 heavy (non-hydrogen) atoms. The van der Waals surface area contributed by atoms with Crippen LogP contribution in [0.25, 0.3) is 0 Å². The highest BCUT2D eigenvalue weighted by molar-refractivity contribution is 7.89. The van der Waals surface area contributed by atoms with Crippen molar-refractivity contribution in [2.45, 2.75) is 18.4 Å². The minimum Gasteiger partial charge on any atom is -0.358 e. The number of sulfonamides is 1. The molecular formula is C14H19ClN6O5S. The maximum absolute atomic E-state index is 12.1. The molecule has 148 valence electrons. The number of aromatic nitrogens is 2. The Bertz CT molecular complexity index is 930. The number of carbonyl (C=O) groups excluding carboxylic acids is 1. The first kappa shape index (κ1) is 22.5. The molecule has 2 rings (SSSR count). The lowest BCUT2D eigenvalue weighted by atomic mass is 10.3. The molecular weight excluding hydrogens is 400 g/mol. The van der Waals surface area contributed by atoms with E-state index >= 15 is 0 Å². The summed E-state index contributed by atoms with van der Waals surface area (Å²) in [6, 6.07) is 5.71. The van der Waals surface area contributed by atoms with Crippen molar-refractivity contribution in [2.75, 3.05) is 18.4 Å². The van der Waals surface area contributed by atoms with Gasteiger partial charge < -0.3 is 21.2 Å². The van der Waals surface area contributed by atoms with E-state index < -0.39 is 20.9 Å². The highest BCUT2D eigenvalue weighted by Crippen LogP contribution is 2.16. The van der Waals surface area contributed by atoms with E-state index in [1.54, 1.807) is 0 Å². The number of amides is 1. The Morgan fingerprint density at radius 3 is 2.70 bits per heavy atom. The molecule has 0 aliphatic carbocycles. The van der Waals surface area contributed by atoms with Crippen LogP contribution < -0.4 is 15.8 Å². The van der Waals surface area contributed by atoms with E-state index in [2.05, 4.69) is 15.0 Å². The van der Waals surface area contributed by atoms with Gasteiger partial charge in [-0.1, -0.05) is 6.07 Å². The van der Waals surface area contributed by atoms with Gasteiger partial charge in [0.1, 0.15) is 12.7 Å². The van der Waals surface area contributed by atoms with Crippen LogP contribution in [-0.2, 0) is 21.4 Å². The maximum atomic E-state index is 12.1. The normalized spacial score (nSPS) is 10.9. The number of carbonyl (C=O) groups is 1. The molecule has 1 heterocycles. The number of nitro groups is 1. The second kappa shape index (κ2) is 9.41. The third-order valence-corrected chi connectivity index (χ3v) is 4.79. The number of nitrogens with two attached hydrogens (primary N) is 1. The Labute approximate surface area is 161 Å². The minimum atomic E-state index is -3.72. The highest BCUT2D eigenvalue weighted by Gasteiger charge is 2.18. The van der Waals surface area contributed by atoms with Crippen LogP contribution in [0.2, 0.25) is 0 Å². The lowest BCUT2D eigenvalue weighted by Crippen LogP contribution is -2.29. The average molecular weight is 419 g/mol. The molecule has 0 saturated heterocycles. The average Bonchev–Trinajstić information content (AvgIpc) is 2.94. The standard InChI is InChI=1S/C14H18N6O5S.ClH/c1-10-17-13(20(22)23)8-19(10)9-14(21)18-11-3-2-4-12(7-11)26(24,25)16-6-5-15;/h2-4,7-8,16H,5-6,9,15H2,1H3,(H,18,21);1H. The monoisotopic (exact) mass is 418 g/mol. The van der Waals surface area contributed by atoms with Gasteiger partial charge in [-0.25, -0.2) is 13.1 Å². The summed E-state index contributed by atoms with van der Waals surface area (Å²) in [7, 11) is -3.72. The Morgan fingerprint density at radius 2 is 2.11 bits per heavy atom. The van der Waals surface area contributed by atoms with Crippen LogP contribution in [0.5, 0.6) is 0 Å². The van der Waals surface area contributed by atoms with Crippen molar-refractivity contribution in [3.63, 3.8) is 0 Å². The van der Waals surface area contributed by atoms with Crippen molar-refractivity contribution in [3.05, 3.63) is 46.4 Å². The fourth-order valence-electron chi connectivity index (χ4n) is 2.11. The fraction of sp³-hybridized carbons (Fsp3) is 0.286. The van der Waals surface area contributed by atoms with E-state index in [1.165, 1.54) is 35.8 Å². The summed E-state index contributed by atoms with van der Waals surface area (Å²) in [5, 5.41) is 13.3. The lowest BCUT2D eigenvalue weighted by molar-refractivity contribution is -0.389. The van der Waals surface area contributed by atoms with Crippen molar-refractivity contribution in [1.82, 2.24) is 14.3 Å². The van der Waals surface area contributed by atoms with Gasteiger partial charge in [0.15, 0.2) is 0 Å². The predicted octanol–water partition coefficient (Wildman–Crippen LogP) is 0.397. The molecule has 0 saturated carbocycles. The summed E-state index contributed by atoms with van der Waals surface area (Å²) in [4.78, 5) is 25.9. The van der Waals surface area contributed by atoms with Gasteiger partial charge in [0.25, 0.3) is 0 Å². The first-order valence-electron chi connectivity index (χ1n) is 7.51. The summed E-state index contributed by atoms with van der Waals surface area (Å²) in [6.07, 6.45) is 1.16. The van der Waals surface area contributed by atoms with Gasteiger partial charge in [0.05, 0.1) is 4.90 Å². The molecule has 0 aliphatic heterocycles. The number of rotatable bonds is 8. The number of anilines is 1. The number of hydrogen-bond donors (Lipinski definition) is 3. The van der Waals surface area contributed by atoms with Crippen LogP contribution in [0.4, 0.5) is 11.5 Å². The van der Waals surface area contributed by atoms with E-state index in [0.29, 0.717) is 5.82 Å². The zero-order valence-electron chi connectivity index (χ0n) is 14.3. The third kappa shape index (κ3) is 5.99. The molecule has 1 amide bonds. The number of aryl methyl sites for hydroxylation is 1. The van der Waals surface area contributed by atoms with E-state index in [-0.39, 0.29) is 48.4 Å². The zero-order valence-corrected chi connectivity index (χ0v) is 15.9. The Balaban J connectivity index is 0.00000364. The van der Waals surface area contributed by atoms with Gasteiger partial charge in [-0.3, -0.25) is 9.36 Å². The van der Waals surface area contributed by atoms with Gasteiger partial charge in [-0.05, 0) is 28.1 Å².